The maximum atomic E-state index is 13.9. The van der Waals surface area contributed by atoms with E-state index in [-0.39, 0.29) is 16.9 Å². The van der Waals surface area contributed by atoms with E-state index in [4.69, 9.17) is 6.57 Å². The number of halogens is 7. The molecule has 0 saturated carbocycles. The van der Waals surface area contributed by atoms with Crippen LogP contribution in [-0.2, 0) is 6.18 Å². The van der Waals surface area contributed by atoms with Gasteiger partial charge in [0.15, 0.2) is 23.0 Å². The lowest BCUT2D eigenvalue weighted by Gasteiger charge is -2.08. The Morgan fingerprint density at radius 1 is 1.10 bits per heavy atom. The van der Waals surface area contributed by atoms with Gasteiger partial charge >= 0.3 is 12.8 Å². The molecule has 160 valence electrons. The van der Waals surface area contributed by atoms with Gasteiger partial charge in [0.2, 0.25) is 5.88 Å². The van der Waals surface area contributed by atoms with Gasteiger partial charge < -0.3 is 4.74 Å². The van der Waals surface area contributed by atoms with E-state index in [1.54, 1.807) is 0 Å². The topological polar surface area (TPSA) is 31.4 Å². The molecule has 1 aromatic heterocycles. The first-order valence-corrected chi connectivity index (χ1v) is 8.36. The van der Waals surface area contributed by atoms with Crippen molar-refractivity contribution in [3.8, 4) is 11.6 Å². The first kappa shape index (κ1) is 21.9. The number of hydrogen-bond acceptors (Lipinski definition) is 2. The summed E-state index contributed by atoms with van der Waals surface area (Å²) in [4.78, 5) is 3.17. The van der Waals surface area contributed by atoms with E-state index in [1.807, 2.05) is 0 Å². The fourth-order valence-corrected chi connectivity index (χ4v) is 2.60. The average molecular weight is 441 g/mol. The molecule has 0 atom stereocenters. The number of ether oxygens (including phenoxy) is 1. The molecule has 0 saturated heterocycles. The van der Waals surface area contributed by atoms with Crippen LogP contribution < -0.4 is 4.74 Å². The minimum atomic E-state index is -4.88. The number of rotatable bonds is 5. The van der Waals surface area contributed by atoms with E-state index in [0.29, 0.717) is 16.3 Å². The molecule has 0 unspecified atom stereocenters. The van der Waals surface area contributed by atoms with Crippen molar-refractivity contribution in [2.75, 3.05) is 0 Å². The fourth-order valence-electron chi connectivity index (χ4n) is 2.60. The Morgan fingerprint density at radius 2 is 1.77 bits per heavy atom. The molecule has 0 spiro atoms. The Balaban J connectivity index is 1.98. The van der Waals surface area contributed by atoms with Gasteiger partial charge in [0.05, 0.1) is 12.3 Å². The highest BCUT2D eigenvalue weighted by Gasteiger charge is 2.36. The van der Waals surface area contributed by atoms with Crippen LogP contribution in [-0.4, -0.2) is 16.4 Å². The summed E-state index contributed by atoms with van der Waals surface area (Å²) in [5.74, 6) is -3.16. The Morgan fingerprint density at radius 3 is 2.35 bits per heavy atom. The van der Waals surface area contributed by atoms with Gasteiger partial charge in [-0.05, 0) is 29.8 Å². The maximum absolute atomic E-state index is 13.9. The van der Waals surface area contributed by atoms with Crippen LogP contribution in [0.4, 0.5) is 30.7 Å². The number of aromatic nitrogens is 2. The van der Waals surface area contributed by atoms with E-state index >= 15 is 0 Å². The predicted molar refractivity (Wildman–Crippen MR) is 96.0 cm³/mol. The Kier molecular flexibility index (Phi) is 6.01. The largest absolute Gasteiger partial charge is 0.435 e. The molecule has 1 heterocycles. The van der Waals surface area contributed by atoms with E-state index < -0.39 is 36.0 Å². The number of hydrogen-bond donors (Lipinski definition) is 0. The zero-order valence-electron chi connectivity index (χ0n) is 15.2. The van der Waals surface area contributed by atoms with E-state index in [0.717, 1.165) is 6.07 Å². The fraction of sp³-hybridized carbons (Fsp3) is 0.100. The van der Waals surface area contributed by atoms with Gasteiger partial charge in [-0.15, -0.1) is 0 Å². The van der Waals surface area contributed by atoms with Gasteiger partial charge in [-0.25, -0.2) is 18.3 Å². The van der Waals surface area contributed by atoms with Crippen LogP contribution in [0.15, 0.2) is 48.5 Å². The molecule has 0 aliphatic carbocycles. The van der Waals surface area contributed by atoms with Crippen molar-refractivity contribution in [3.63, 3.8) is 0 Å². The van der Waals surface area contributed by atoms with Crippen molar-refractivity contribution in [2.45, 2.75) is 12.8 Å². The molecule has 0 fully saturated rings. The SMILES string of the molecule is [C-]#[N+]C(=Cc1ccc(-n2nc(C(F)(F)F)cc2OC(F)F)cc1)c1cccc(F)c1F. The lowest BCUT2D eigenvalue weighted by atomic mass is 10.1. The maximum Gasteiger partial charge on any atom is 0.435 e. The Hall–Kier alpha value is -3.81. The second-order valence-electron chi connectivity index (χ2n) is 5.99. The number of alkyl halides is 5. The molecular weight excluding hydrogens is 431 g/mol. The minimum Gasteiger partial charge on any atom is -0.417 e. The van der Waals surface area contributed by atoms with Crippen LogP contribution in [0.2, 0.25) is 0 Å². The first-order chi connectivity index (χ1) is 14.6. The second kappa shape index (κ2) is 8.51. The predicted octanol–water partition coefficient (Wildman–Crippen LogP) is 6.19. The summed E-state index contributed by atoms with van der Waals surface area (Å²) in [5.41, 5.74) is -1.63. The molecule has 2 aromatic carbocycles. The van der Waals surface area contributed by atoms with Crippen LogP contribution in [0.25, 0.3) is 22.3 Å². The number of benzene rings is 2. The highest BCUT2D eigenvalue weighted by atomic mass is 19.4. The lowest BCUT2D eigenvalue weighted by molar-refractivity contribution is -0.141. The molecule has 3 aromatic rings. The smallest absolute Gasteiger partial charge is 0.417 e. The van der Waals surface area contributed by atoms with E-state index in [1.165, 1.54) is 42.5 Å². The molecule has 0 amide bonds. The van der Waals surface area contributed by atoms with Crippen molar-refractivity contribution in [2.24, 2.45) is 0 Å². The van der Waals surface area contributed by atoms with Gasteiger partial charge in [-0.1, -0.05) is 24.3 Å². The molecule has 11 heteroatoms. The molecule has 3 rings (SSSR count). The molecule has 31 heavy (non-hydrogen) atoms. The first-order valence-electron chi connectivity index (χ1n) is 8.36. The van der Waals surface area contributed by atoms with Crippen molar-refractivity contribution in [3.05, 3.63) is 88.4 Å². The van der Waals surface area contributed by atoms with Crippen molar-refractivity contribution >= 4 is 11.8 Å². The van der Waals surface area contributed by atoms with Gasteiger partial charge in [-0.3, -0.25) is 0 Å². The highest BCUT2D eigenvalue weighted by Crippen LogP contribution is 2.33. The quantitative estimate of drug-likeness (QED) is 0.269. The van der Waals surface area contributed by atoms with Crippen molar-refractivity contribution in [1.82, 2.24) is 9.78 Å². The summed E-state index contributed by atoms with van der Waals surface area (Å²) >= 11 is 0. The summed E-state index contributed by atoms with van der Waals surface area (Å²) in [6, 6.07) is 8.82. The third kappa shape index (κ3) is 4.85. The standard InChI is InChI=1S/C20H10F7N3O/c1-28-15(13-3-2-4-14(21)18(13)22)9-11-5-7-12(8-6-11)30-17(31-19(23)24)10-16(29-30)20(25,26)27/h2-10,19H. The molecule has 0 aliphatic rings. The van der Waals surface area contributed by atoms with E-state index in [2.05, 4.69) is 14.7 Å². The highest BCUT2D eigenvalue weighted by molar-refractivity contribution is 5.85. The molecule has 0 bridgehead atoms. The summed E-state index contributed by atoms with van der Waals surface area (Å²) in [6.45, 7) is 3.83. The van der Waals surface area contributed by atoms with Crippen LogP contribution in [0, 0.1) is 18.2 Å². The summed E-state index contributed by atoms with van der Waals surface area (Å²) < 4.78 is 95.8. The van der Waals surface area contributed by atoms with Crippen LogP contribution in [0.3, 0.4) is 0 Å². The normalized spacial score (nSPS) is 12.2. The van der Waals surface area contributed by atoms with Gasteiger partial charge in [0.1, 0.15) is 0 Å². The third-order valence-corrected chi connectivity index (χ3v) is 3.97. The Labute approximate surface area is 170 Å². The van der Waals surface area contributed by atoms with Gasteiger partial charge in [0.25, 0.3) is 0 Å². The monoisotopic (exact) mass is 441 g/mol. The van der Waals surface area contributed by atoms with Gasteiger partial charge in [-0.2, -0.15) is 27.1 Å². The van der Waals surface area contributed by atoms with E-state index in [9.17, 15) is 30.7 Å². The Bertz CT molecular complexity index is 1160. The third-order valence-electron chi connectivity index (χ3n) is 3.97. The van der Waals surface area contributed by atoms with Crippen LogP contribution in [0.5, 0.6) is 5.88 Å². The van der Waals surface area contributed by atoms with Crippen molar-refractivity contribution < 1.29 is 35.5 Å². The number of nitrogens with zero attached hydrogens (tertiary/aromatic N) is 3. The molecule has 0 radical (unpaired) electrons. The van der Waals surface area contributed by atoms with Crippen molar-refractivity contribution in [1.29, 1.82) is 0 Å². The molecular formula is C20H10F7N3O. The van der Waals surface area contributed by atoms with Crippen LogP contribution in [0.1, 0.15) is 16.8 Å². The molecule has 0 N–H and O–H groups in total. The van der Waals surface area contributed by atoms with Gasteiger partial charge in [0, 0.05) is 11.6 Å². The second-order valence-corrected chi connectivity index (χ2v) is 5.99. The summed E-state index contributed by atoms with van der Waals surface area (Å²) in [7, 11) is 0. The van der Waals surface area contributed by atoms with Crippen LogP contribution >= 0.6 is 0 Å². The summed E-state index contributed by atoms with van der Waals surface area (Å²) in [6.07, 6.45) is -3.65. The lowest BCUT2D eigenvalue weighted by Crippen LogP contribution is -2.09. The molecule has 4 nitrogen and oxygen atoms in total. The minimum absolute atomic E-state index is 0.0374. The zero-order valence-corrected chi connectivity index (χ0v) is 15.2. The zero-order chi connectivity index (χ0) is 22.8. The summed E-state index contributed by atoms with van der Waals surface area (Å²) in [5, 5.41) is 3.26. The molecule has 0 aliphatic heterocycles. The average Bonchev–Trinajstić information content (AvgIpc) is 3.12.